The first-order valence-electron chi connectivity index (χ1n) is 4.97. The molecule has 0 bridgehead atoms. The molecule has 0 heterocycles. The lowest BCUT2D eigenvalue weighted by Gasteiger charge is -2.38. The number of rotatable bonds is 3. The van der Waals surface area contributed by atoms with E-state index in [1.54, 1.807) is 0 Å². The molecule has 20 heavy (non-hydrogen) atoms. The fourth-order valence-corrected chi connectivity index (χ4v) is 1.15. The van der Waals surface area contributed by atoms with Gasteiger partial charge in [-0.3, -0.25) is 0 Å². The van der Waals surface area contributed by atoms with Crippen LogP contribution in [0.15, 0.2) is 0 Å². The van der Waals surface area contributed by atoms with Gasteiger partial charge in [0.15, 0.2) is 0 Å². The summed E-state index contributed by atoms with van der Waals surface area (Å²) in [5.41, 5.74) is -6.33. The van der Waals surface area contributed by atoms with Crippen LogP contribution in [0.3, 0.4) is 0 Å². The molecule has 0 saturated heterocycles. The lowest BCUT2D eigenvalue weighted by atomic mass is 9.97. The van der Waals surface area contributed by atoms with E-state index in [4.69, 9.17) is 0 Å². The van der Waals surface area contributed by atoms with Gasteiger partial charge < -0.3 is 10.6 Å². The van der Waals surface area contributed by atoms with Crippen molar-refractivity contribution in [1.82, 2.24) is 10.6 Å². The molecule has 0 aromatic heterocycles. The highest BCUT2D eigenvalue weighted by atomic mass is 19.4. The normalized spacial score (nSPS) is 14.1. The topological polar surface area (TPSA) is 41.1 Å². The molecule has 0 aromatic carbocycles. The number of carbonyl (C=O) groups is 1. The molecule has 0 spiro atoms. The molecular weight excluding hydrogens is 311 g/mol. The standard InChI is InChI=1S/C8H9F9N2O/c1-2-3-18-4(20)19-5(6(9,10)11,7(12,13)14)8(15,16)17/h2-3H2,1H3,(H2,18,19,20). The van der Waals surface area contributed by atoms with Crippen molar-refractivity contribution in [2.45, 2.75) is 37.4 Å². The molecule has 0 rings (SSSR count). The Balaban J connectivity index is 5.75. The highest BCUT2D eigenvalue weighted by molar-refractivity contribution is 5.75. The van der Waals surface area contributed by atoms with Crippen LogP contribution >= 0.6 is 0 Å². The molecule has 0 atom stereocenters. The lowest BCUT2D eigenvalue weighted by Crippen LogP contribution is -2.76. The quantitative estimate of drug-likeness (QED) is 0.771. The van der Waals surface area contributed by atoms with E-state index >= 15 is 0 Å². The van der Waals surface area contributed by atoms with E-state index in [0.717, 1.165) is 0 Å². The molecule has 3 nitrogen and oxygen atoms in total. The maximum Gasteiger partial charge on any atom is 0.429 e. The Bertz CT molecular complexity index is 307. The molecule has 0 saturated carbocycles. The van der Waals surface area contributed by atoms with Crippen LogP contribution in [0.4, 0.5) is 44.3 Å². The maximum absolute atomic E-state index is 12.4. The van der Waals surface area contributed by atoms with Crippen molar-refractivity contribution in [1.29, 1.82) is 0 Å². The number of amides is 2. The SMILES string of the molecule is CCCNC(=O)NC(C(F)(F)F)(C(F)(F)F)C(F)(F)F. The zero-order chi connectivity index (χ0) is 16.4. The summed E-state index contributed by atoms with van der Waals surface area (Å²) in [6, 6.07) is -2.22. The molecule has 2 amide bonds. The third kappa shape index (κ3) is 3.39. The predicted molar refractivity (Wildman–Crippen MR) is 47.7 cm³/mol. The minimum Gasteiger partial charge on any atom is -0.338 e. The number of hydrogen-bond acceptors (Lipinski definition) is 1. The largest absolute Gasteiger partial charge is 0.429 e. The van der Waals surface area contributed by atoms with Crippen LogP contribution in [0, 0.1) is 0 Å². The van der Waals surface area contributed by atoms with Gasteiger partial charge in [0, 0.05) is 6.54 Å². The number of alkyl halides is 9. The van der Waals surface area contributed by atoms with Gasteiger partial charge in [-0.15, -0.1) is 0 Å². The number of hydrogen-bond donors (Lipinski definition) is 2. The summed E-state index contributed by atoms with van der Waals surface area (Å²) in [5, 5.41) is 1.41. The van der Waals surface area contributed by atoms with E-state index in [1.165, 1.54) is 12.2 Å². The van der Waals surface area contributed by atoms with Gasteiger partial charge in [-0.05, 0) is 6.42 Å². The fourth-order valence-electron chi connectivity index (χ4n) is 1.15. The highest BCUT2D eigenvalue weighted by Crippen LogP contribution is 2.52. The van der Waals surface area contributed by atoms with Crippen molar-refractivity contribution in [2.24, 2.45) is 0 Å². The van der Waals surface area contributed by atoms with Crippen molar-refractivity contribution >= 4 is 6.03 Å². The van der Waals surface area contributed by atoms with Crippen molar-refractivity contribution in [3.63, 3.8) is 0 Å². The number of nitrogens with one attached hydrogen (secondary N) is 2. The van der Waals surface area contributed by atoms with Crippen LogP contribution in [-0.4, -0.2) is 36.6 Å². The van der Waals surface area contributed by atoms with Gasteiger partial charge in [0.2, 0.25) is 0 Å². The second-order valence-corrected chi connectivity index (χ2v) is 3.62. The summed E-state index contributed by atoms with van der Waals surface area (Å²) < 4.78 is 111. The van der Waals surface area contributed by atoms with E-state index in [2.05, 4.69) is 0 Å². The average Bonchev–Trinajstić information content (AvgIpc) is 2.17. The number of carbonyl (C=O) groups excluding carboxylic acids is 1. The number of halogens is 9. The first-order chi connectivity index (χ1) is 8.70. The predicted octanol–water partition coefficient (Wildman–Crippen LogP) is 3.12. The second-order valence-electron chi connectivity index (χ2n) is 3.62. The van der Waals surface area contributed by atoms with Gasteiger partial charge in [-0.25, -0.2) is 4.79 Å². The van der Waals surface area contributed by atoms with Gasteiger partial charge in [-0.2, -0.15) is 39.5 Å². The van der Waals surface area contributed by atoms with Crippen LogP contribution < -0.4 is 10.6 Å². The number of urea groups is 1. The summed E-state index contributed by atoms with van der Waals surface area (Å²) in [5.74, 6) is 0. The van der Waals surface area contributed by atoms with Crippen LogP contribution in [-0.2, 0) is 0 Å². The zero-order valence-corrected chi connectivity index (χ0v) is 9.72. The molecule has 0 aliphatic heterocycles. The molecule has 0 aromatic rings. The van der Waals surface area contributed by atoms with Crippen molar-refractivity contribution < 1.29 is 44.3 Å². The first kappa shape index (κ1) is 18.6. The summed E-state index contributed by atoms with van der Waals surface area (Å²) in [6.07, 6.45) is -20.3. The van der Waals surface area contributed by atoms with Gasteiger partial charge in [0.05, 0.1) is 0 Å². The molecule has 120 valence electrons. The Hall–Kier alpha value is -1.36. The Kier molecular flexibility index (Phi) is 5.18. The molecule has 0 fully saturated rings. The van der Waals surface area contributed by atoms with Crippen molar-refractivity contribution in [3.8, 4) is 0 Å². The Morgan fingerprint density at radius 3 is 1.45 bits per heavy atom. The van der Waals surface area contributed by atoms with E-state index in [1.807, 2.05) is 0 Å². The first-order valence-corrected chi connectivity index (χ1v) is 4.97. The van der Waals surface area contributed by atoms with Crippen molar-refractivity contribution in [2.75, 3.05) is 6.54 Å². The summed E-state index contributed by atoms with van der Waals surface area (Å²) in [7, 11) is 0. The maximum atomic E-state index is 12.4. The van der Waals surface area contributed by atoms with Gasteiger partial charge in [0.1, 0.15) is 0 Å². The molecule has 12 heteroatoms. The monoisotopic (exact) mass is 320 g/mol. The van der Waals surface area contributed by atoms with Gasteiger partial charge >= 0.3 is 30.1 Å². The van der Waals surface area contributed by atoms with E-state index in [0.29, 0.717) is 0 Å². The fraction of sp³-hybridized carbons (Fsp3) is 0.875. The second kappa shape index (κ2) is 5.56. The minimum atomic E-state index is -6.81. The Morgan fingerprint density at radius 1 is 0.850 bits per heavy atom. The molecule has 0 unspecified atom stereocenters. The molecule has 0 radical (unpaired) electrons. The van der Waals surface area contributed by atoms with Crippen LogP contribution in [0.5, 0.6) is 0 Å². The molecule has 0 aliphatic carbocycles. The average molecular weight is 320 g/mol. The van der Waals surface area contributed by atoms with E-state index < -0.39 is 36.6 Å². The smallest absolute Gasteiger partial charge is 0.338 e. The third-order valence-corrected chi connectivity index (χ3v) is 2.11. The molecule has 0 aliphatic rings. The molecular formula is C8H9F9N2O. The van der Waals surface area contributed by atoms with E-state index in [-0.39, 0.29) is 11.7 Å². The Morgan fingerprint density at radius 2 is 1.20 bits per heavy atom. The van der Waals surface area contributed by atoms with Crippen LogP contribution in [0.2, 0.25) is 0 Å². The van der Waals surface area contributed by atoms with Crippen molar-refractivity contribution in [3.05, 3.63) is 0 Å². The Labute approximate surface area is 106 Å². The minimum absolute atomic E-state index is 0.0399. The van der Waals surface area contributed by atoms with Crippen LogP contribution in [0.1, 0.15) is 13.3 Å². The lowest BCUT2D eigenvalue weighted by molar-refractivity contribution is -0.386. The third-order valence-electron chi connectivity index (χ3n) is 2.11. The molecule has 2 N–H and O–H groups in total. The van der Waals surface area contributed by atoms with Crippen LogP contribution in [0.25, 0.3) is 0 Å². The zero-order valence-electron chi connectivity index (χ0n) is 9.72. The van der Waals surface area contributed by atoms with Gasteiger partial charge in [-0.1, -0.05) is 6.92 Å². The summed E-state index contributed by atoms with van der Waals surface area (Å²) in [6.45, 7) is 1.00. The summed E-state index contributed by atoms with van der Waals surface area (Å²) >= 11 is 0. The summed E-state index contributed by atoms with van der Waals surface area (Å²) in [4.78, 5) is 10.8. The highest BCUT2D eigenvalue weighted by Gasteiger charge is 2.84. The van der Waals surface area contributed by atoms with Gasteiger partial charge in [0.25, 0.3) is 0 Å². The van der Waals surface area contributed by atoms with E-state index in [9.17, 15) is 44.3 Å².